The highest BCUT2D eigenvalue weighted by atomic mass is 16.5. The fourth-order valence-electron chi connectivity index (χ4n) is 2.61. The molecule has 0 saturated carbocycles. The SMILES string of the molecule is O=C1OCc2cc3ccoc3c(-c3ccccc3)c21. The molecule has 0 spiro atoms. The van der Waals surface area contributed by atoms with Gasteiger partial charge in [-0.15, -0.1) is 0 Å². The Morgan fingerprint density at radius 1 is 1.00 bits per heavy atom. The molecular formula is C16H10O3. The number of benzene rings is 2. The maximum Gasteiger partial charge on any atom is 0.339 e. The van der Waals surface area contributed by atoms with Crippen LogP contribution in [0.5, 0.6) is 0 Å². The molecule has 0 N–H and O–H groups in total. The highest BCUT2D eigenvalue weighted by molar-refractivity contribution is 6.08. The molecule has 0 amide bonds. The standard InChI is InChI=1S/C16H10O3/c17-16-14-12(9-19-16)8-11-6-7-18-15(11)13(14)10-4-2-1-3-5-10/h1-8H,9H2. The van der Waals surface area contributed by atoms with Crippen molar-refractivity contribution in [3.63, 3.8) is 0 Å². The number of rotatable bonds is 1. The van der Waals surface area contributed by atoms with Gasteiger partial charge in [0.15, 0.2) is 0 Å². The molecule has 1 aliphatic rings. The Morgan fingerprint density at radius 3 is 2.68 bits per heavy atom. The third-order valence-electron chi connectivity index (χ3n) is 3.45. The van der Waals surface area contributed by atoms with Crippen molar-refractivity contribution in [1.82, 2.24) is 0 Å². The molecule has 0 saturated heterocycles. The molecular weight excluding hydrogens is 240 g/mol. The first-order valence-electron chi connectivity index (χ1n) is 6.10. The fraction of sp³-hybridized carbons (Fsp3) is 0.0625. The number of hydrogen-bond acceptors (Lipinski definition) is 3. The molecule has 0 aliphatic carbocycles. The van der Waals surface area contributed by atoms with Crippen LogP contribution in [0.1, 0.15) is 15.9 Å². The van der Waals surface area contributed by atoms with Gasteiger partial charge in [-0.3, -0.25) is 0 Å². The molecule has 0 atom stereocenters. The number of furan rings is 1. The van der Waals surface area contributed by atoms with Gasteiger partial charge in [0.25, 0.3) is 0 Å². The Labute approximate surface area is 109 Å². The van der Waals surface area contributed by atoms with E-state index in [1.807, 2.05) is 42.5 Å². The highest BCUT2D eigenvalue weighted by Gasteiger charge is 2.28. The van der Waals surface area contributed by atoms with Gasteiger partial charge in [0, 0.05) is 16.5 Å². The van der Waals surface area contributed by atoms with Crippen molar-refractivity contribution in [2.75, 3.05) is 0 Å². The van der Waals surface area contributed by atoms with Crippen LogP contribution in [0, 0.1) is 0 Å². The zero-order valence-electron chi connectivity index (χ0n) is 10.1. The second-order valence-electron chi connectivity index (χ2n) is 4.57. The molecule has 4 rings (SSSR count). The summed E-state index contributed by atoms with van der Waals surface area (Å²) < 4.78 is 10.7. The molecule has 3 nitrogen and oxygen atoms in total. The van der Waals surface area contributed by atoms with Gasteiger partial charge < -0.3 is 9.15 Å². The van der Waals surface area contributed by atoms with Crippen molar-refractivity contribution in [2.24, 2.45) is 0 Å². The lowest BCUT2D eigenvalue weighted by atomic mass is 9.94. The van der Waals surface area contributed by atoms with Crippen LogP contribution in [0.3, 0.4) is 0 Å². The lowest BCUT2D eigenvalue weighted by molar-refractivity contribution is 0.0535. The summed E-state index contributed by atoms with van der Waals surface area (Å²) in [6.45, 7) is 0.342. The second-order valence-corrected chi connectivity index (χ2v) is 4.57. The predicted molar refractivity (Wildman–Crippen MR) is 70.8 cm³/mol. The van der Waals surface area contributed by atoms with E-state index in [9.17, 15) is 4.79 Å². The smallest absolute Gasteiger partial charge is 0.339 e. The first-order chi connectivity index (χ1) is 9.34. The molecule has 0 fully saturated rings. The molecule has 3 aromatic rings. The summed E-state index contributed by atoms with van der Waals surface area (Å²) in [5.41, 5.74) is 4.11. The summed E-state index contributed by atoms with van der Waals surface area (Å²) in [6.07, 6.45) is 1.65. The fourth-order valence-corrected chi connectivity index (χ4v) is 2.61. The number of cyclic esters (lactones) is 1. The van der Waals surface area contributed by atoms with Gasteiger partial charge in [0.05, 0.1) is 11.8 Å². The van der Waals surface area contributed by atoms with E-state index >= 15 is 0 Å². The van der Waals surface area contributed by atoms with Gasteiger partial charge in [0.2, 0.25) is 0 Å². The number of hydrogen-bond donors (Lipinski definition) is 0. The monoisotopic (exact) mass is 250 g/mol. The van der Waals surface area contributed by atoms with E-state index in [1.54, 1.807) is 6.26 Å². The van der Waals surface area contributed by atoms with Crippen molar-refractivity contribution in [1.29, 1.82) is 0 Å². The first kappa shape index (κ1) is 10.4. The third-order valence-corrected chi connectivity index (χ3v) is 3.45. The molecule has 0 bridgehead atoms. The first-order valence-corrected chi connectivity index (χ1v) is 6.10. The third kappa shape index (κ3) is 1.41. The molecule has 2 heterocycles. The molecule has 0 unspecified atom stereocenters. The van der Waals surface area contributed by atoms with E-state index in [1.165, 1.54) is 0 Å². The van der Waals surface area contributed by atoms with Crippen LogP contribution in [-0.4, -0.2) is 5.97 Å². The van der Waals surface area contributed by atoms with Crippen LogP contribution in [0.4, 0.5) is 0 Å². The van der Waals surface area contributed by atoms with Gasteiger partial charge in [-0.05, 0) is 17.7 Å². The van der Waals surface area contributed by atoms with E-state index in [2.05, 4.69) is 0 Å². The Hall–Kier alpha value is -2.55. The average molecular weight is 250 g/mol. The Morgan fingerprint density at radius 2 is 1.84 bits per heavy atom. The Balaban J connectivity index is 2.16. The van der Waals surface area contributed by atoms with Crippen molar-refractivity contribution < 1.29 is 13.9 Å². The molecule has 92 valence electrons. The normalized spacial score (nSPS) is 13.6. The number of carbonyl (C=O) groups excluding carboxylic acids is 1. The largest absolute Gasteiger partial charge is 0.464 e. The Kier molecular flexibility index (Phi) is 2.03. The summed E-state index contributed by atoms with van der Waals surface area (Å²) >= 11 is 0. The van der Waals surface area contributed by atoms with E-state index in [0.717, 1.165) is 27.7 Å². The van der Waals surface area contributed by atoms with Crippen LogP contribution in [-0.2, 0) is 11.3 Å². The second kappa shape index (κ2) is 3.72. The number of ether oxygens (including phenoxy) is 1. The van der Waals surface area contributed by atoms with Crippen molar-refractivity contribution in [3.8, 4) is 11.1 Å². The summed E-state index contributed by atoms with van der Waals surface area (Å²) in [5, 5.41) is 0.996. The maximum atomic E-state index is 12.0. The van der Waals surface area contributed by atoms with Crippen LogP contribution in [0.25, 0.3) is 22.1 Å². The van der Waals surface area contributed by atoms with E-state index in [0.29, 0.717) is 12.2 Å². The molecule has 2 aromatic carbocycles. The van der Waals surface area contributed by atoms with Crippen molar-refractivity contribution >= 4 is 16.9 Å². The average Bonchev–Trinajstić information content (AvgIpc) is 3.05. The zero-order chi connectivity index (χ0) is 12.8. The van der Waals surface area contributed by atoms with Gasteiger partial charge in [0.1, 0.15) is 12.2 Å². The quantitative estimate of drug-likeness (QED) is 0.617. The number of fused-ring (bicyclic) bond motifs is 2. The summed E-state index contributed by atoms with van der Waals surface area (Å²) in [4.78, 5) is 12.0. The molecule has 0 radical (unpaired) electrons. The lowest BCUT2D eigenvalue weighted by Crippen LogP contribution is -1.97. The van der Waals surface area contributed by atoms with Gasteiger partial charge >= 0.3 is 5.97 Å². The number of esters is 1. The minimum absolute atomic E-state index is 0.271. The number of carbonyl (C=O) groups is 1. The summed E-state index contributed by atoms with van der Waals surface area (Å²) in [7, 11) is 0. The Bertz CT molecular complexity index is 784. The highest BCUT2D eigenvalue weighted by Crippen LogP contribution is 2.38. The maximum absolute atomic E-state index is 12.0. The summed E-state index contributed by atoms with van der Waals surface area (Å²) in [6, 6.07) is 13.7. The molecule has 3 heteroatoms. The van der Waals surface area contributed by atoms with Crippen LogP contribution >= 0.6 is 0 Å². The van der Waals surface area contributed by atoms with Crippen molar-refractivity contribution in [3.05, 3.63) is 59.9 Å². The minimum Gasteiger partial charge on any atom is -0.464 e. The van der Waals surface area contributed by atoms with Gasteiger partial charge in [-0.2, -0.15) is 0 Å². The molecule has 1 aliphatic heterocycles. The van der Waals surface area contributed by atoms with Crippen LogP contribution < -0.4 is 0 Å². The van der Waals surface area contributed by atoms with E-state index in [-0.39, 0.29) is 5.97 Å². The molecule has 1 aromatic heterocycles. The predicted octanol–water partition coefficient (Wildman–Crippen LogP) is 3.77. The molecule has 19 heavy (non-hydrogen) atoms. The lowest BCUT2D eigenvalue weighted by Gasteiger charge is -2.07. The van der Waals surface area contributed by atoms with Gasteiger partial charge in [-0.25, -0.2) is 4.79 Å². The zero-order valence-corrected chi connectivity index (χ0v) is 10.1. The van der Waals surface area contributed by atoms with Crippen molar-refractivity contribution in [2.45, 2.75) is 6.61 Å². The minimum atomic E-state index is -0.271. The van der Waals surface area contributed by atoms with Crippen LogP contribution in [0.15, 0.2) is 53.1 Å². The van der Waals surface area contributed by atoms with Crippen LogP contribution in [0.2, 0.25) is 0 Å². The summed E-state index contributed by atoms with van der Waals surface area (Å²) in [5.74, 6) is -0.271. The topological polar surface area (TPSA) is 39.4 Å². The van der Waals surface area contributed by atoms with E-state index in [4.69, 9.17) is 9.15 Å². The van der Waals surface area contributed by atoms with E-state index < -0.39 is 0 Å². The van der Waals surface area contributed by atoms with Gasteiger partial charge in [-0.1, -0.05) is 30.3 Å².